The van der Waals surface area contributed by atoms with Crippen molar-refractivity contribution in [3.05, 3.63) is 74.3 Å². The number of hydrogen-bond donors (Lipinski definition) is 1. The van der Waals surface area contributed by atoms with Gasteiger partial charge in [-0.1, -0.05) is 41.4 Å². The molecule has 1 N–H and O–H groups in total. The minimum atomic E-state index is -0.304. The van der Waals surface area contributed by atoms with Crippen LogP contribution < -0.4 is 10.9 Å². The van der Waals surface area contributed by atoms with Crippen molar-refractivity contribution in [1.29, 1.82) is 0 Å². The monoisotopic (exact) mass is 375 g/mol. The van der Waals surface area contributed by atoms with Crippen molar-refractivity contribution < 1.29 is 4.79 Å². The van der Waals surface area contributed by atoms with E-state index in [-0.39, 0.29) is 24.6 Å². The van der Waals surface area contributed by atoms with Gasteiger partial charge in [0.15, 0.2) is 0 Å². The van der Waals surface area contributed by atoms with Crippen LogP contribution in [0.5, 0.6) is 0 Å². The first-order valence-corrected chi connectivity index (χ1v) is 8.36. The Morgan fingerprint density at radius 3 is 2.80 bits per heavy atom. The zero-order valence-corrected chi connectivity index (χ0v) is 14.9. The van der Waals surface area contributed by atoms with E-state index in [1.807, 2.05) is 13.0 Å². The van der Waals surface area contributed by atoms with E-state index in [1.165, 1.54) is 10.9 Å². The van der Waals surface area contributed by atoms with Crippen molar-refractivity contribution in [2.75, 3.05) is 0 Å². The molecule has 0 radical (unpaired) electrons. The normalized spacial score (nSPS) is 10.8. The van der Waals surface area contributed by atoms with Gasteiger partial charge in [0.2, 0.25) is 5.91 Å². The molecule has 0 saturated carbocycles. The number of hydrogen-bond acceptors (Lipinski definition) is 3. The lowest BCUT2D eigenvalue weighted by Crippen LogP contribution is -2.32. The summed E-state index contributed by atoms with van der Waals surface area (Å²) < 4.78 is 1.29. The molecule has 128 valence electrons. The highest BCUT2D eigenvalue weighted by atomic mass is 35.5. The molecule has 2 aromatic carbocycles. The summed E-state index contributed by atoms with van der Waals surface area (Å²) in [5.41, 5.74) is 2.08. The number of carbonyl (C=O) groups excluding carboxylic acids is 1. The molecular weight excluding hydrogens is 361 g/mol. The van der Waals surface area contributed by atoms with Crippen LogP contribution in [-0.4, -0.2) is 15.5 Å². The third-order valence-corrected chi connectivity index (χ3v) is 4.45. The second-order valence-corrected chi connectivity index (χ2v) is 6.50. The van der Waals surface area contributed by atoms with Crippen LogP contribution >= 0.6 is 23.2 Å². The summed E-state index contributed by atoms with van der Waals surface area (Å²) in [7, 11) is 0. The molecule has 0 aliphatic carbocycles. The van der Waals surface area contributed by atoms with E-state index in [9.17, 15) is 9.59 Å². The maximum Gasteiger partial charge on any atom is 0.261 e. The largest absolute Gasteiger partial charge is 0.350 e. The van der Waals surface area contributed by atoms with Gasteiger partial charge in [-0.3, -0.25) is 14.2 Å². The van der Waals surface area contributed by atoms with E-state index >= 15 is 0 Å². The van der Waals surface area contributed by atoms with Gasteiger partial charge in [0, 0.05) is 16.6 Å². The Hall–Kier alpha value is -2.37. The summed E-state index contributed by atoms with van der Waals surface area (Å²) >= 11 is 11.9. The summed E-state index contributed by atoms with van der Waals surface area (Å²) in [6.45, 7) is 2.03. The highest BCUT2D eigenvalue weighted by molar-refractivity contribution is 6.35. The van der Waals surface area contributed by atoms with Crippen molar-refractivity contribution in [3.8, 4) is 0 Å². The highest BCUT2D eigenvalue weighted by Gasteiger charge is 2.10. The van der Waals surface area contributed by atoms with Crippen LogP contribution in [0.25, 0.3) is 10.9 Å². The molecule has 0 saturated heterocycles. The Morgan fingerprint density at radius 2 is 2.04 bits per heavy atom. The Kier molecular flexibility index (Phi) is 5.06. The molecule has 5 nitrogen and oxygen atoms in total. The first-order chi connectivity index (χ1) is 12.0. The third kappa shape index (κ3) is 3.83. The molecule has 1 amide bonds. The molecule has 3 rings (SSSR count). The summed E-state index contributed by atoms with van der Waals surface area (Å²) in [6, 6.07) is 10.5. The maximum atomic E-state index is 12.5. The zero-order chi connectivity index (χ0) is 18.0. The van der Waals surface area contributed by atoms with Gasteiger partial charge < -0.3 is 5.32 Å². The van der Waals surface area contributed by atoms with Crippen LogP contribution in [0.15, 0.2) is 47.5 Å². The summed E-state index contributed by atoms with van der Waals surface area (Å²) in [5.74, 6) is -0.304. The fraction of sp³-hybridized carbons (Fsp3) is 0.167. The van der Waals surface area contributed by atoms with E-state index in [1.54, 1.807) is 30.3 Å². The number of aryl methyl sites for hydroxylation is 1. The minimum Gasteiger partial charge on any atom is -0.350 e. The summed E-state index contributed by atoms with van der Waals surface area (Å²) in [4.78, 5) is 28.9. The van der Waals surface area contributed by atoms with E-state index < -0.39 is 0 Å². The minimum absolute atomic E-state index is 0.110. The van der Waals surface area contributed by atoms with Crippen molar-refractivity contribution in [2.45, 2.75) is 20.0 Å². The fourth-order valence-corrected chi connectivity index (χ4v) is 2.99. The molecule has 0 bridgehead atoms. The first-order valence-electron chi connectivity index (χ1n) is 7.61. The second-order valence-electron chi connectivity index (χ2n) is 5.66. The standard InChI is InChI=1S/C18H15Cl2N3O2/c1-11-3-2-4-14-17(11)22-10-23(18(14)25)9-16(24)21-8-12-5-6-13(19)7-15(12)20/h2-7,10H,8-9H2,1H3,(H,21,24). The number of carbonyl (C=O) groups is 1. The van der Waals surface area contributed by atoms with Crippen molar-refractivity contribution in [1.82, 2.24) is 14.9 Å². The van der Waals surface area contributed by atoms with Crippen LogP contribution in [-0.2, 0) is 17.9 Å². The molecule has 1 aromatic heterocycles. The van der Waals surface area contributed by atoms with Gasteiger partial charge in [0.05, 0.1) is 17.2 Å². The predicted molar refractivity (Wildman–Crippen MR) is 99.0 cm³/mol. The highest BCUT2D eigenvalue weighted by Crippen LogP contribution is 2.20. The maximum absolute atomic E-state index is 12.5. The van der Waals surface area contributed by atoms with Crippen LogP contribution in [0, 0.1) is 6.92 Å². The van der Waals surface area contributed by atoms with E-state index in [2.05, 4.69) is 10.3 Å². The molecule has 7 heteroatoms. The van der Waals surface area contributed by atoms with Gasteiger partial charge in [-0.25, -0.2) is 4.98 Å². The molecule has 0 fully saturated rings. The number of para-hydroxylation sites is 1. The molecule has 3 aromatic rings. The van der Waals surface area contributed by atoms with E-state index in [4.69, 9.17) is 23.2 Å². The van der Waals surface area contributed by atoms with Crippen LogP contribution in [0.1, 0.15) is 11.1 Å². The molecule has 25 heavy (non-hydrogen) atoms. The zero-order valence-electron chi connectivity index (χ0n) is 13.4. The Labute approximate surface area is 154 Å². The van der Waals surface area contributed by atoms with Crippen molar-refractivity contribution >= 4 is 40.0 Å². The molecule has 0 spiro atoms. The van der Waals surface area contributed by atoms with Gasteiger partial charge in [-0.05, 0) is 36.2 Å². The number of nitrogens with one attached hydrogen (secondary N) is 1. The lowest BCUT2D eigenvalue weighted by molar-refractivity contribution is -0.121. The Morgan fingerprint density at radius 1 is 1.24 bits per heavy atom. The molecule has 1 heterocycles. The van der Waals surface area contributed by atoms with Crippen molar-refractivity contribution in [3.63, 3.8) is 0 Å². The Balaban J connectivity index is 1.74. The lowest BCUT2D eigenvalue weighted by Gasteiger charge is -2.10. The number of amides is 1. The van der Waals surface area contributed by atoms with Gasteiger partial charge in [0.1, 0.15) is 6.54 Å². The first kappa shape index (κ1) is 17.5. The van der Waals surface area contributed by atoms with E-state index in [0.29, 0.717) is 20.9 Å². The van der Waals surface area contributed by atoms with Gasteiger partial charge in [-0.15, -0.1) is 0 Å². The quantitative estimate of drug-likeness (QED) is 0.760. The second kappa shape index (κ2) is 7.25. The summed E-state index contributed by atoms with van der Waals surface area (Å²) in [5, 5.41) is 4.25. The SMILES string of the molecule is Cc1cccc2c(=O)n(CC(=O)NCc3ccc(Cl)cc3Cl)cnc12. The third-order valence-electron chi connectivity index (χ3n) is 3.86. The number of halogens is 2. The number of aromatic nitrogens is 2. The number of nitrogens with zero attached hydrogens (tertiary/aromatic N) is 2. The molecule has 0 atom stereocenters. The average molecular weight is 376 g/mol. The average Bonchev–Trinajstić information content (AvgIpc) is 2.57. The van der Waals surface area contributed by atoms with Gasteiger partial charge in [0.25, 0.3) is 5.56 Å². The molecule has 0 unspecified atom stereocenters. The smallest absolute Gasteiger partial charge is 0.261 e. The molecular formula is C18H15Cl2N3O2. The number of benzene rings is 2. The fourth-order valence-electron chi connectivity index (χ4n) is 2.52. The molecule has 0 aliphatic heterocycles. The summed E-state index contributed by atoms with van der Waals surface area (Å²) in [6.07, 6.45) is 1.40. The predicted octanol–water partition coefficient (Wildman–Crippen LogP) is 3.33. The lowest BCUT2D eigenvalue weighted by atomic mass is 10.1. The van der Waals surface area contributed by atoms with Crippen molar-refractivity contribution in [2.24, 2.45) is 0 Å². The van der Waals surface area contributed by atoms with Gasteiger partial charge in [-0.2, -0.15) is 0 Å². The number of fused-ring (bicyclic) bond motifs is 1. The Bertz CT molecular complexity index is 1010. The van der Waals surface area contributed by atoms with Crippen LogP contribution in [0.3, 0.4) is 0 Å². The molecule has 0 aliphatic rings. The van der Waals surface area contributed by atoms with Crippen LogP contribution in [0.4, 0.5) is 0 Å². The van der Waals surface area contributed by atoms with E-state index in [0.717, 1.165) is 11.1 Å². The van der Waals surface area contributed by atoms with Gasteiger partial charge >= 0.3 is 0 Å². The number of rotatable bonds is 4. The topological polar surface area (TPSA) is 64.0 Å². The van der Waals surface area contributed by atoms with Crippen LogP contribution in [0.2, 0.25) is 10.0 Å².